The molecule has 2 aliphatic rings. The number of fused-ring (bicyclic) bond motifs is 1. The van der Waals surface area contributed by atoms with Gasteiger partial charge in [0.2, 0.25) is 5.91 Å². The maximum atomic E-state index is 12.7. The Bertz CT molecular complexity index is 799. The highest BCUT2D eigenvalue weighted by molar-refractivity contribution is 5.84. The van der Waals surface area contributed by atoms with Crippen LogP contribution in [0.2, 0.25) is 0 Å². The fourth-order valence-corrected chi connectivity index (χ4v) is 3.66. The van der Waals surface area contributed by atoms with Gasteiger partial charge < -0.3 is 15.0 Å². The smallest absolute Gasteiger partial charge is 0.251 e. The number of hydrogen-bond donors (Lipinski definition) is 1. The molecule has 2 aromatic rings. The maximum absolute atomic E-state index is 12.7. The van der Waals surface area contributed by atoms with Crippen LogP contribution in [0.1, 0.15) is 25.7 Å². The Morgan fingerprint density at radius 2 is 2.04 bits per heavy atom. The molecule has 0 unspecified atom stereocenters. The van der Waals surface area contributed by atoms with Crippen LogP contribution in [0, 0.1) is 0 Å². The fraction of sp³-hybridized carbons (Fsp3) is 0.556. The summed E-state index contributed by atoms with van der Waals surface area (Å²) >= 11 is 0. The van der Waals surface area contributed by atoms with Crippen molar-refractivity contribution in [2.45, 2.75) is 44.4 Å². The minimum atomic E-state index is -0.596. The van der Waals surface area contributed by atoms with Crippen LogP contribution in [0.15, 0.2) is 24.3 Å². The third-order valence-corrected chi connectivity index (χ3v) is 5.12. The number of morpholine rings is 1. The molecule has 2 heterocycles. The standard InChI is InChI=1S/C18H23N5O3/c24-17(12-23-15-8-4-3-7-14(15)20-21-23)22-9-10-26-16(11-22)18(25)19-13-5-1-2-6-13/h3-4,7-8,13,16H,1-2,5-6,9-12H2,(H,19,25)/t16-/m0/s1. The summed E-state index contributed by atoms with van der Waals surface area (Å²) in [6.07, 6.45) is 3.78. The number of amides is 2. The Labute approximate surface area is 151 Å². The molecule has 138 valence electrons. The maximum Gasteiger partial charge on any atom is 0.251 e. The lowest BCUT2D eigenvalue weighted by Gasteiger charge is -2.32. The van der Waals surface area contributed by atoms with Crippen molar-refractivity contribution in [3.8, 4) is 0 Å². The minimum absolute atomic E-state index is 0.0809. The van der Waals surface area contributed by atoms with Gasteiger partial charge in [0.25, 0.3) is 5.91 Å². The summed E-state index contributed by atoms with van der Waals surface area (Å²) in [4.78, 5) is 26.8. The lowest BCUT2D eigenvalue weighted by molar-refractivity contribution is -0.148. The molecular formula is C18H23N5O3. The Morgan fingerprint density at radius 1 is 1.23 bits per heavy atom. The Morgan fingerprint density at radius 3 is 2.88 bits per heavy atom. The number of hydrogen-bond acceptors (Lipinski definition) is 5. The molecule has 1 saturated carbocycles. The van der Waals surface area contributed by atoms with Gasteiger partial charge in [-0.05, 0) is 25.0 Å². The van der Waals surface area contributed by atoms with E-state index in [-0.39, 0.29) is 30.9 Å². The molecule has 0 spiro atoms. The van der Waals surface area contributed by atoms with E-state index in [0.29, 0.717) is 13.2 Å². The quantitative estimate of drug-likeness (QED) is 0.871. The third-order valence-electron chi connectivity index (χ3n) is 5.12. The molecule has 2 amide bonds. The molecule has 1 aliphatic carbocycles. The monoisotopic (exact) mass is 357 g/mol. The van der Waals surface area contributed by atoms with Gasteiger partial charge in [0.15, 0.2) is 6.10 Å². The number of para-hydroxylation sites is 1. The molecule has 1 atom stereocenters. The van der Waals surface area contributed by atoms with E-state index in [1.165, 1.54) is 0 Å². The zero-order valence-electron chi connectivity index (χ0n) is 14.6. The average molecular weight is 357 g/mol. The molecule has 1 N–H and O–H groups in total. The van der Waals surface area contributed by atoms with Gasteiger partial charge in [0, 0.05) is 12.6 Å². The number of rotatable bonds is 4. The highest BCUT2D eigenvalue weighted by Gasteiger charge is 2.31. The first-order valence-electron chi connectivity index (χ1n) is 9.19. The highest BCUT2D eigenvalue weighted by Crippen LogP contribution is 2.18. The number of carbonyl (C=O) groups excluding carboxylic acids is 2. The lowest BCUT2D eigenvalue weighted by atomic mass is 10.2. The van der Waals surface area contributed by atoms with E-state index in [0.717, 1.165) is 36.7 Å². The normalized spacial score (nSPS) is 21.2. The van der Waals surface area contributed by atoms with Crippen LogP contribution in [0.4, 0.5) is 0 Å². The number of benzene rings is 1. The van der Waals surface area contributed by atoms with Gasteiger partial charge in [-0.25, -0.2) is 4.68 Å². The number of aromatic nitrogens is 3. The summed E-state index contributed by atoms with van der Waals surface area (Å²) in [6, 6.07) is 7.78. The largest absolute Gasteiger partial charge is 0.365 e. The van der Waals surface area contributed by atoms with Crippen molar-refractivity contribution in [2.24, 2.45) is 0 Å². The summed E-state index contributed by atoms with van der Waals surface area (Å²) in [7, 11) is 0. The van der Waals surface area contributed by atoms with Crippen LogP contribution >= 0.6 is 0 Å². The first-order valence-corrected chi connectivity index (χ1v) is 9.19. The zero-order chi connectivity index (χ0) is 17.9. The first kappa shape index (κ1) is 17.0. The van der Waals surface area contributed by atoms with Crippen LogP contribution < -0.4 is 5.32 Å². The van der Waals surface area contributed by atoms with Gasteiger partial charge in [-0.15, -0.1) is 5.10 Å². The minimum Gasteiger partial charge on any atom is -0.365 e. The van der Waals surface area contributed by atoms with E-state index in [4.69, 9.17) is 4.74 Å². The van der Waals surface area contributed by atoms with Crippen LogP contribution in [0.5, 0.6) is 0 Å². The number of ether oxygens (including phenoxy) is 1. The first-order chi connectivity index (χ1) is 12.7. The van der Waals surface area contributed by atoms with E-state index in [2.05, 4.69) is 15.6 Å². The molecular weight excluding hydrogens is 334 g/mol. The summed E-state index contributed by atoms with van der Waals surface area (Å²) in [6.45, 7) is 1.24. The van der Waals surface area contributed by atoms with Gasteiger partial charge in [0.1, 0.15) is 12.1 Å². The lowest BCUT2D eigenvalue weighted by Crippen LogP contribution is -2.53. The van der Waals surface area contributed by atoms with Crippen molar-refractivity contribution < 1.29 is 14.3 Å². The topological polar surface area (TPSA) is 89.4 Å². The Kier molecular flexibility index (Phi) is 4.83. The fourth-order valence-electron chi connectivity index (χ4n) is 3.66. The summed E-state index contributed by atoms with van der Waals surface area (Å²) < 4.78 is 7.19. The van der Waals surface area contributed by atoms with Gasteiger partial charge in [-0.3, -0.25) is 9.59 Å². The van der Waals surface area contributed by atoms with Crippen molar-refractivity contribution in [3.05, 3.63) is 24.3 Å². The summed E-state index contributed by atoms with van der Waals surface area (Å²) in [5, 5.41) is 11.2. The molecule has 1 aliphatic heterocycles. The second-order valence-electron chi connectivity index (χ2n) is 6.92. The number of nitrogens with one attached hydrogen (secondary N) is 1. The van der Waals surface area contributed by atoms with E-state index >= 15 is 0 Å². The summed E-state index contributed by atoms with van der Waals surface area (Å²) in [5.74, 6) is -0.191. The van der Waals surface area contributed by atoms with E-state index < -0.39 is 6.10 Å². The molecule has 8 heteroatoms. The molecule has 4 rings (SSSR count). The molecule has 2 fully saturated rings. The van der Waals surface area contributed by atoms with Gasteiger partial charge in [-0.1, -0.05) is 30.2 Å². The van der Waals surface area contributed by atoms with Crippen molar-refractivity contribution in [3.63, 3.8) is 0 Å². The zero-order valence-corrected chi connectivity index (χ0v) is 14.6. The molecule has 8 nitrogen and oxygen atoms in total. The SMILES string of the molecule is O=C(NC1CCCC1)[C@@H]1CN(C(=O)Cn2nnc3ccccc32)CCO1. The van der Waals surface area contributed by atoms with Crippen molar-refractivity contribution in [1.29, 1.82) is 0 Å². The molecule has 1 saturated heterocycles. The van der Waals surface area contributed by atoms with Crippen LogP contribution in [-0.4, -0.2) is 63.6 Å². The molecule has 0 bridgehead atoms. The highest BCUT2D eigenvalue weighted by atomic mass is 16.5. The second-order valence-corrected chi connectivity index (χ2v) is 6.92. The molecule has 26 heavy (non-hydrogen) atoms. The van der Waals surface area contributed by atoms with Crippen LogP contribution in [0.3, 0.4) is 0 Å². The Balaban J connectivity index is 1.37. The summed E-state index contributed by atoms with van der Waals surface area (Å²) in [5.41, 5.74) is 1.58. The van der Waals surface area contributed by atoms with E-state index in [1.807, 2.05) is 24.3 Å². The predicted molar refractivity (Wildman–Crippen MR) is 94.2 cm³/mol. The third kappa shape index (κ3) is 3.55. The van der Waals surface area contributed by atoms with Crippen molar-refractivity contribution in [2.75, 3.05) is 19.7 Å². The molecule has 0 radical (unpaired) electrons. The van der Waals surface area contributed by atoms with E-state index in [9.17, 15) is 9.59 Å². The van der Waals surface area contributed by atoms with Gasteiger partial charge in [0.05, 0.1) is 18.7 Å². The number of nitrogens with zero attached hydrogens (tertiary/aromatic N) is 4. The average Bonchev–Trinajstić information content (AvgIpc) is 3.32. The van der Waals surface area contributed by atoms with Gasteiger partial charge in [-0.2, -0.15) is 0 Å². The van der Waals surface area contributed by atoms with Crippen LogP contribution in [0.25, 0.3) is 11.0 Å². The van der Waals surface area contributed by atoms with E-state index in [1.54, 1.807) is 9.58 Å². The van der Waals surface area contributed by atoms with Gasteiger partial charge >= 0.3 is 0 Å². The Hall–Kier alpha value is -2.48. The molecule has 1 aromatic carbocycles. The van der Waals surface area contributed by atoms with Crippen molar-refractivity contribution >= 4 is 22.8 Å². The molecule has 1 aromatic heterocycles. The predicted octanol–water partition coefficient (Wildman–Crippen LogP) is 0.717. The second kappa shape index (κ2) is 7.41. The number of carbonyl (C=O) groups is 2. The van der Waals surface area contributed by atoms with Crippen molar-refractivity contribution in [1.82, 2.24) is 25.2 Å². The van der Waals surface area contributed by atoms with Crippen LogP contribution in [-0.2, 0) is 20.9 Å².